The first-order chi connectivity index (χ1) is 12.2. The SMILES string of the molecule is CC(C)CCCNC(=O)C1CCN(S(=O)(=O)c2ccc(F)c(Cl)c2)CC1. The number of halogens is 2. The zero-order valence-electron chi connectivity index (χ0n) is 15.2. The second-order valence-electron chi connectivity index (χ2n) is 7.08. The van der Waals surface area contributed by atoms with Gasteiger partial charge in [-0.3, -0.25) is 4.79 Å². The van der Waals surface area contributed by atoms with Gasteiger partial charge >= 0.3 is 0 Å². The fourth-order valence-electron chi connectivity index (χ4n) is 3.01. The zero-order chi connectivity index (χ0) is 19.3. The van der Waals surface area contributed by atoms with E-state index in [1.54, 1.807) is 0 Å². The Morgan fingerprint density at radius 1 is 1.35 bits per heavy atom. The lowest BCUT2D eigenvalue weighted by Gasteiger charge is -2.30. The first-order valence-electron chi connectivity index (χ1n) is 8.94. The minimum Gasteiger partial charge on any atom is -0.356 e. The Balaban J connectivity index is 1.88. The van der Waals surface area contributed by atoms with Crippen molar-refractivity contribution in [1.29, 1.82) is 0 Å². The smallest absolute Gasteiger partial charge is 0.243 e. The Hall–Kier alpha value is -1.18. The number of carbonyl (C=O) groups excluding carboxylic acids is 1. The Kier molecular flexibility index (Phi) is 7.43. The highest BCUT2D eigenvalue weighted by molar-refractivity contribution is 7.89. The quantitative estimate of drug-likeness (QED) is 0.708. The van der Waals surface area contributed by atoms with E-state index in [1.807, 2.05) is 0 Å². The zero-order valence-corrected chi connectivity index (χ0v) is 16.7. The third-order valence-electron chi connectivity index (χ3n) is 4.61. The largest absolute Gasteiger partial charge is 0.356 e. The molecule has 146 valence electrons. The summed E-state index contributed by atoms with van der Waals surface area (Å²) in [5.41, 5.74) is 0. The van der Waals surface area contributed by atoms with E-state index in [0.717, 1.165) is 25.0 Å². The van der Waals surface area contributed by atoms with Gasteiger partial charge in [0.25, 0.3) is 0 Å². The van der Waals surface area contributed by atoms with Crippen molar-refractivity contribution in [2.45, 2.75) is 44.4 Å². The summed E-state index contributed by atoms with van der Waals surface area (Å²) in [5, 5.41) is 2.72. The predicted molar refractivity (Wildman–Crippen MR) is 100.0 cm³/mol. The summed E-state index contributed by atoms with van der Waals surface area (Å²) in [7, 11) is -3.73. The van der Waals surface area contributed by atoms with Gasteiger partial charge < -0.3 is 5.32 Å². The third kappa shape index (κ3) is 5.41. The number of nitrogens with one attached hydrogen (secondary N) is 1. The van der Waals surface area contributed by atoms with Crippen LogP contribution < -0.4 is 5.32 Å². The Labute approximate surface area is 160 Å². The van der Waals surface area contributed by atoms with Gasteiger partial charge in [0.2, 0.25) is 15.9 Å². The highest BCUT2D eigenvalue weighted by atomic mass is 35.5. The molecule has 5 nitrogen and oxygen atoms in total. The number of amides is 1. The molecule has 1 saturated heterocycles. The van der Waals surface area contributed by atoms with Crippen LogP contribution in [-0.2, 0) is 14.8 Å². The number of piperidine rings is 1. The van der Waals surface area contributed by atoms with Crippen LogP contribution in [0.2, 0.25) is 5.02 Å². The van der Waals surface area contributed by atoms with Crippen molar-refractivity contribution >= 4 is 27.5 Å². The molecule has 1 N–H and O–H groups in total. The van der Waals surface area contributed by atoms with E-state index in [4.69, 9.17) is 11.6 Å². The van der Waals surface area contributed by atoms with Crippen molar-refractivity contribution < 1.29 is 17.6 Å². The summed E-state index contributed by atoms with van der Waals surface area (Å²) < 4.78 is 39.9. The van der Waals surface area contributed by atoms with Crippen LogP contribution in [0.15, 0.2) is 23.1 Å². The van der Waals surface area contributed by atoms with E-state index in [-0.39, 0.29) is 34.8 Å². The Morgan fingerprint density at radius 3 is 2.58 bits per heavy atom. The molecule has 0 spiro atoms. The van der Waals surface area contributed by atoms with Crippen LogP contribution in [0.5, 0.6) is 0 Å². The Morgan fingerprint density at radius 2 is 2.00 bits per heavy atom. The van der Waals surface area contributed by atoms with Crippen LogP contribution in [0, 0.1) is 17.7 Å². The number of sulfonamides is 1. The van der Waals surface area contributed by atoms with Gasteiger partial charge in [-0.1, -0.05) is 25.4 Å². The van der Waals surface area contributed by atoms with Gasteiger partial charge in [-0.25, -0.2) is 12.8 Å². The lowest BCUT2D eigenvalue weighted by atomic mass is 9.97. The lowest BCUT2D eigenvalue weighted by Crippen LogP contribution is -2.43. The highest BCUT2D eigenvalue weighted by Gasteiger charge is 2.32. The van der Waals surface area contributed by atoms with Gasteiger partial charge in [-0.15, -0.1) is 0 Å². The molecule has 0 aliphatic carbocycles. The van der Waals surface area contributed by atoms with Crippen molar-refractivity contribution in [2.75, 3.05) is 19.6 Å². The summed E-state index contributed by atoms with van der Waals surface area (Å²) in [6.07, 6.45) is 2.97. The molecule has 26 heavy (non-hydrogen) atoms. The minimum absolute atomic E-state index is 0.00405. The molecule has 1 amide bonds. The van der Waals surface area contributed by atoms with Crippen molar-refractivity contribution in [1.82, 2.24) is 9.62 Å². The van der Waals surface area contributed by atoms with Gasteiger partial charge in [0, 0.05) is 25.6 Å². The van der Waals surface area contributed by atoms with Crippen molar-refractivity contribution in [3.05, 3.63) is 29.0 Å². The van der Waals surface area contributed by atoms with Gasteiger partial charge in [0.1, 0.15) is 5.82 Å². The highest BCUT2D eigenvalue weighted by Crippen LogP contribution is 2.26. The summed E-state index contributed by atoms with van der Waals surface area (Å²) in [6.45, 7) is 5.48. The molecule has 0 radical (unpaired) electrons. The van der Waals surface area contributed by atoms with Crippen LogP contribution in [0.25, 0.3) is 0 Å². The molecule has 2 rings (SSSR count). The molecule has 0 aromatic heterocycles. The van der Waals surface area contributed by atoms with Gasteiger partial charge in [0.05, 0.1) is 9.92 Å². The van der Waals surface area contributed by atoms with Crippen LogP contribution in [0.3, 0.4) is 0 Å². The Bertz CT molecular complexity index is 732. The van der Waals surface area contributed by atoms with Crippen LogP contribution >= 0.6 is 11.6 Å². The molecule has 0 saturated carbocycles. The molecule has 1 aliphatic heterocycles. The molecular weight excluding hydrogens is 379 g/mol. The average molecular weight is 405 g/mol. The van der Waals surface area contributed by atoms with E-state index < -0.39 is 15.8 Å². The van der Waals surface area contributed by atoms with Crippen LogP contribution in [-0.4, -0.2) is 38.3 Å². The molecule has 1 aromatic rings. The van der Waals surface area contributed by atoms with E-state index in [9.17, 15) is 17.6 Å². The van der Waals surface area contributed by atoms with Gasteiger partial charge in [-0.2, -0.15) is 4.31 Å². The normalized spacial score (nSPS) is 16.8. The summed E-state index contributed by atoms with van der Waals surface area (Å²) >= 11 is 5.69. The fraction of sp³-hybridized carbons (Fsp3) is 0.611. The lowest BCUT2D eigenvalue weighted by molar-refractivity contribution is -0.126. The fourth-order valence-corrected chi connectivity index (χ4v) is 4.75. The molecule has 1 aliphatic rings. The summed E-state index contributed by atoms with van der Waals surface area (Å²) in [5.74, 6) is -0.216. The monoisotopic (exact) mass is 404 g/mol. The minimum atomic E-state index is -3.73. The maximum Gasteiger partial charge on any atom is 0.243 e. The molecule has 1 heterocycles. The average Bonchev–Trinajstić information content (AvgIpc) is 2.60. The number of hydrogen-bond donors (Lipinski definition) is 1. The van der Waals surface area contributed by atoms with Crippen molar-refractivity contribution in [2.24, 2.45) is 11.8 Å². The maximum atomic E-state index is 13.3. The number of hydrogen-bond acceptors (Lipinski definition) is 3. The van der Waals surface area contributed by atoms with Crippen LogP contribution in [0.4, 0.5) is 4.39 Å². The topological polar surface area (TPSA) is 66.5 Å². The molecule has 0 bridgehead atoms. The molecule has 8 heteroatoms. The molecule has 0 unspecified atom stereocenters. The van der Waals surface area contributed by atoms with Crippen molar-refractivity contribution in [3.63, 3.8) is 0 Å². The summed E-state index contributed by atoms with van der Waals surface area (Å²) in [4.78, 5) is 12.2. The molecule has 0 atom stereocenters. The molecule has 1 aromatic carbocycles. The number of nitrogens with zero attached hydrogens (tertiary/aromatic N) is 1. The standard InChI is InChI=1S/C18H26ClFN2O3S/c1-13(2)4-3-9-21-18(23)14-7-10-22(11-8-14)26(24,25)15-5-6-17(20)16(19)12-15/h5-6,12-14H,3-4,7-11H2,1-2H3,(H,21,23). The first kappa shape index (κ1) is 21.1. The second kappa shape index (κ2) is 9.15. The second-order valence-corrected chi connectivity index (χ2v) is 9.43. The van der Waals surface area contributed by atoms with E-state index in [0.29, 0.717) is 25.3 Å². The number of carbonyl (C=O) groups is 1. The number of rotatable bonds is 7. The maximum absolute atomic E-state index is 13.3. The van der Waals surface area contributed by atoms with Crippen molar-refractivity contribution in [3.8, 4) is 0 Å². The van der Waals surface area contributed by atoms with E-state index >= 15 is 0 Å². The number of benzene rings is 1. The predicted octanol–water partition coefficient (Wildman–Crippen LogP) is 3.43. The summed E-state index contributed by atoms with van der Waals surface area (Å²) in [6, 6.07) is 3.39. The molecule has 1 fully saturated rings. The van der Waals surface area contributed by atoms with Crippen LogP contribution in [0.1, 0.15) is 39.5 Å². The van der Waals surface area contributed by atoms with Gasteiger partial charge in [0.15, 0.2) is 0 Å². The first-order valence-corrected chi connectivity index (χ1v) is 10.8. The van der Waals surface area contributed by atoms with E-state index in [2.05, 4.69) is 19.2 Å². The third-order valence-corrected chi connectivity index (χ3v) is 6.80. The molecular formula is C18H26ClFN2O3S. The van der Waals surface area contributed by atoms with Gasteiger partial charge in [-0.05, 0) is 49.8 Å². The van der Waals surface area contributed by atoms with E-state index in [1.165, 1.54) is 10.4 Å².